The number of piperidine rings is 2. The van der Waals surface area contributed by atoms with Crippen molar-refractivity contribution < 1.29 is 4.79 Å². The van der Waals surface area contributed by atoms with Gasteiger partial charge in [-0.1, -0.05) is 30.3 Å². The van der Waals surface area contributed by atoms with Crippen LogP contribution in [0.2, 0.25) is 0 Å². The lowest BCUT2D eigenvalue weighted by atomic mass is 9.73. The van der Waals surface area contributed by atoms with Gasteiger partial charge >= 0.3 is 0 Å². The van der Waals surface area contributed by atoms with Crippen molar-refractivity contribution in [2.24, 2.45) is 5.41 Å². The predicted octanol–water partition coefficient (Wildman–Crippen LogP) is 2.60. The number of H-pyrrole nitrogens is 1. The molecule has 1 aromatic heterocycles. The van der Waals surface area contributed by atoms with Crippen LogP contribution in [0, 0.1) is 12.3 Å². The van der Waals surface area contributed by atoms with Gasteiger partial charge in [0.2, 0.25) is 0 Å². The maximum absolute atomic E-state index is 13.0. The van der Waals surface area contributed by atoms with E-state index in [1.54, 1.807) is 6.92 Å². The molecule has 1 N–H and O–H groups in total. The summed E-state index contributed by atoms with van der Waals surface area (Å²) in [4.78, 5) is 36.3. The summed E-state index contributed by atoms with van der Waals surface area (Å²) in [5.74, 6) is 0.341. The molecule has 0 saturated carbocycles. The molecule has 148 valence electrons. The predicted molar refractivity (Wildman–Crippen MR) is 108 cm³/mol. The van der Waals surface area contributed by atoms with Gasteiger partial charge in [-0.2, -0.15) is 0 Å². The Morgan fingerprint density at radius 2 is 1.89 bits per heavy atom. The highest BCUT2D eigenvalue weighted by atomic mass is 16.2. The molecule has 4 rings (SSSR count). The summed E-state index contributed by atoms with van der Waals surface area (Å²) >= 11 is 0. The molecule has 0 bridgehead atoms. The van der Waals surface area contributed by atoms with Crippen LogP contribution in [0.25, 0.3) is 0 Å². The fourth-order valence-electron chi connectivity index (χ4n) is 4.81. The zero-order valence-electron chi connectivity index (χ0n) is 16.5. The van der Waals surface area contributed by atoms with Gasteiger partial charge in [-0.3, -0.25) is 14.5 Å². The number of aryl methyl sites for hydroxylation is 1. The number of amides is 1. The Hall–Kier alpha value is -2.47. The van der Waals surface area contributed by atoms with E-state index in [1.807, 2.05) is 11.0 Å². The van der Waals surface area contributed by atoms with Crippen LogP contribution in [-0.2, 0) is 6.54 Å². The molecule has 1 unspecified atom stereocenters. The highest BCUT2D eigenvalue weighted by Crippen LogP contribution is 2.39. The molecule has 1 atom stereocenters. The van der Waals surface area contributed by atoms with E-state index >= 15 is 0 Å². The van der Waals surface area contributed by atoms with Gasteiger partial charge in [0.25, 0.3) is 11.5 Å². The van der Waals surface area contributed by atoms with Gasteiger partial charge in [0.15, 0.2) is 0 Å². The molecule has 3 heterocycles. The number of nitrogens with one attached hydrogen (secondary N) is 1. The van der Waals surface area contributed by atoms with E-state index in [1.165, 1.54) is 11.8 Å². The van der Waals surface area contributed by atoms with E-state index in [2.05, 4.69) is 39.1 Å². The first-order valence-electron chi connectivity index (χ1n) is 10.2. The second-order valence-electron chi connectivity index (χ2n) is 8.34. The molecule has 1 aromatic carbocycles. The lowest BCUT2D eigenvalue weighted by molar-refractivity contribution is 0.0112. The SMILES string of the molecule is Cc1ncc(C(=O)N2CCCC3(CCCN(Cc4ccccc4)C3)C2)c(=O)[nH]1. The molecular formula is C22H28N4O2. The van der Waals surface area contributed by atoms with Crippen molar-refractivity contribution in [3.05, 3.63) is 63.8 Å². The summed E-state index contributed by atoms with van der Waals surface area (Å²) in [5, 5.41) is 0. The fourth-order valence-corrected chi connectivity index (χ4v) is 4.81. The summed E-state index contributed by atoms with van der Waals surface area (Å²) in [6.45, 7) is 6.23. The lowest BCUT2D eigenvalue weighted by Crippen LogP contribution is -2.53. The number of rotatable bonds is 3. The molecule has 6 nitrogen and oxygen atoms in total. The molecule has 1 amide bonds. The minimum atomic E-state index is -0.341. The summed E-state index contributed by atoms with van der Waals surface area (Å²) in [6, 6.07) is 10.6. The van der Waals surface area contributed by atoms with Crippen molar-refractivity contribution in [3.63, 3.8) is 0 Å². The first kappa shape index (κ1) is 18.9. The van der Waals surface area contributed by atoms with E-state index in [9.17, 15) is 9.59 Å². The lowest BCUT2D eigenvalue weighted by Gasteiger charge is -2.48. The van der Waals surface area contributed by atoms with E-state index in [4.69, 9.17) is 0 Å². The first-order chi connectivity index (χ1) is 13.5. The Morgan fingerprint density at radius 1 is 1.14 bits per heavy atom. The van der Waals surface area contributed by atoms with Crippen LogP contribution in [0.3, 0.4) is 0 Å². The normalized spacial score (nSPS) is 23.1. The van der Waals surface area contributed by atoms with E-state index in [0.29, 0.717) is 12.4 Å². The van der Waals surface area contributed by atoms with Crippen LogP contribution in [0.1, 0.15) is 47.4 Å². The van der Waals surface area contributed by atoms with Gasteiger partial charge in [-0.05, 0) is 44.7 Å². The summed E-state index contributed by atoms with van der Waals surface area (Å²) in [6.07, 6.45) is 5.85. The maximum atomic E-state index is 13.0. The van der Waals surface area contributed by atoms with Crippen molar-refractivity contribution in [1.82, 2.24) is 19.8 Å². The number of nitrogens with zero attached hydrogens (tertiary/aromatic N) is 3. The quantitative estimate of drug-likeness (QED) is 0.889. The van der Waals surface area contributed by atoms with Crippen LogP contribution in [0.15, 0.2) is 41.3 Å². The smallest absolute Gasteiger partial charge is 0.263 e. The number of hydrogen-bond acceptors (Lipinski definition) is 4. The maximum Gasteiger partial charge on any atom is 0.263 e. The van der Waals surface area contributed by atoms with Crippen molar-refractivity contribution in [2.75, 3.05) is 26.2 Å². The zero-order valence-corrected chi connectivity index (χ0v) is 16.5. The highest BCUT2D eigenvalue weighted by molar-refractivity contribution is 5.93. The monoisotopic (exact) mass is 380 g/mol. The van der Waals surface area contributed by atoms with Crippen molar-refractivity contribution in [1.29, 1.82) is 0 Å². The standard InChI is InChI=1S/C22H28N4O2/c1-17-23-13-19(20(27)24-17)21(28)26-12-6-10-22(16-26)9-5-11-25(15-22)14-18-7-3-2-4-8-18/h2-4,7-8,13H,5-6,9-12,14-16H2,1H3,(H,23,24,27). The molecular weight excluding hydrogens is 352 g/mol. The van der Waals surface area contributed by atoms with E-state index < -0.39 is 0 Å². The van der Waals surface area contributed by atoms with Gasteiger partial charge in [-0.25, -0.2) is 4.98 Å². The second kappa shape index (κ2) is 7.87. The van der Waals surface area contributed by atoms with Gasteiger partial charge in [-0.15, -0.1) is 0 Å². The van der Waals surface area contributed by atoms with E-state index in [-0.39, 0.29) is 22.4 Å². The van der Waals surface area contributed by atoms with Gasteiger partial charge in [0.05, 0.1) is 0 Å². The Kier molecular flexibility index (Phi) is 5.31. The second-order valence-corrected chi connectivity index (χ2v) is 8.34. The van der Waals surface area contributed by atoms with Crippen LogP contribution < -0.4 is 5.56 Å². The van der Waals surface area contributed by atoms with Gasteiger partial charge in [0, 0.05) is 37.8 Å². The molecule has 6 heteroatoms. The van der Waals surface area contributed by atoms with Crippen molar-refractivity contribution >= 4 is 5.91 Å². The molecule has 1 spiro atoms. The van der Waals surface area contributed by atoms with Crippen LogP contribution in [0.5, 0.6) is 0 Å². The van der Waals surface area contributed by atoms with Gasteiger partial charge < -0.3 is 9.88 Å². The van der Waals surface area contributed by atoms with Crippen molar-refractivity contribution in [2.45, 2.75) is 39.2 Å². The number of carbonyl (C=O) groups excluding carboxylic acids is 1. The largest absolute Gasteiger partial charge is 0.338 e. The van der Waals surface area contributed by atoms with Crippen LogP contribution >= 0.6 is 0 Å². The summed E-state index contributed by atoms with van der Waals surface area (Å²) < 4.78 is 0. The zero-order chi connectivity index (χ0) is 19.6. The number of benzene rings is 1. The van der Waals surface area contributed by atoms with Crippen LogP contribution in [0.4, 0.5) is 0 Å². The average molecular weight is 380 g/mol. The van der Waals surface area contributed by atoms with E-state index in [0.717, 1.165) is 51.9 Å². The minimum absolute atomic E-state index is 0.131. The average Bonchev–Trinajstić information content (AvgIpc) is 2.68. The summed E-state index contributed by atoms with van der Waals surface area (Å²) in [5.41, 5.74) is 1.28. The summed E-state index contributed by atoms with van der Waals surface area (Å²) in [7, 11) is 0. The number of likely N-dealkylation sites (tertiary alicyclic amines) is 2. The molecule has 2 saturated heterocycles. The molecule has 2 aliphatic rings. The Labute approximate surface area is 165 Å². The van der Waals surface area contributed by atoms with Gasteiger partial charge in [0.1, 0.15) is 11.4 Å². The number of hydrogen-bond donors (Lipinski definition) is 1. The molecule has 28 heavy (non-hydrogen) atoms. The molecule has 0 aliphatic carbocycles. The molecule has 0 radical (unpaired) electrons. The minimum Gasteiger partial charge on any atom is -0.338 e. The fraction of sp³-hybridized carbons (Fsp3) is 0.500. The van der Waals surface area contributed by atoms with Crippen LogP contribution in [-0.4, -0.2) is 51.9 Å². The first-order valence-corrected chi connectivity index (χ1v) is 10.2. The Bertz CT molecular complexity index is 891. The third kappa shape index (κ3) is 4.02. The molecule has 2 aromatic rings. The Balaban J connectivity index is 1.47. The third-order valence-electron chi connectivity index (χ3n) is 6.09. The third-order valence-corrected chi connectivity index (χ3v) is 6.09. The topological polar surface area (TPSA) is 69.3 Å². The number of aromatic amines is 1. The number of carbonyl (C=O) groups is 1. The number of aromatic nitrogens is 2. The highest BCUT2D eigenvalue weighted by Gasteiger charge is 2.40. The van der Waals surface area contributed by atoms with Crippen molar-refractivity contribution in [3.8, 4) is 0 Å². The molecule has 2 fully saturated rings. The Morgan fingerprint density at radius 3 is 2.64 bits per heavy atom. The molecule has 2 aliphatic heterocycles.